The van der Waals surface area contributed by atoms with Gasteiger partial charge in [-0.1, -0.05) is 0 Å². The lowest BCUT2D eigenvalue weighted by atomic mass is 10.1. The zero-order valence-electron chi connectivity index (χ0n) is 10.9. The molecule has 0 atom stereocenters. The molecule has 1 aromatic carbocycles. The number of rotatable bonds is 4. The Bertz CT molecular complexity index is 576. The number of carbonyl (C=O) groups is 1. The number of halogens is 1. The molecular weight excluding hydrogens is 247 g/mol. The molecule has 0 amide bonds. The molecular formula is C14H15FN2O2. The predicted molar refractivity (Wildman–Crippen MR) is 68.9 cm³/mol. The number of nitrogens with zero attached hydrogens (tertiary/aromatic N) is 2. The van der Waals surface area contributed by atoms with Gasteiger partial charge in [-0.15, -0.1) is 0 Å². The summed E-state index contributed by atoms with van der Waals surface area (Å²) >= 11 is 0. The molecule has 2 rings (SSSR count). The quantitative estimate of drug-likeness (QED) is 0.794. The van der Waals surface area contributed by atoms with Gasteiger partial charge in [0.15, 0.2) is 0 Å². The number of hydrogen-bond donors (Lipinski definition) is 0. The maximum atomic E-state index is 12.9. The average molecular weight is 262 g/mol. The first kappa shape index (κ1) is 13.3. The van der Waals surface area contributed by atoms with Crippen LogP contribution in [0, 0.1) is 5.82 Å². The van der Waals surface area contributed by atoms with Gasteiger partial charge in [-0.3, -0.25) is 9.48 Å². The minimum Gasteiger partial charge on any atom is -0.466 e. The topological polar surface area (TPSA) is 44.1 Å². The Morgan fingerprint density at radius 2 is 2.05 bits per heavy atom. The number of aryl methyl sites for hydroxylation is 1. The molecule has 0 radical (unpaired) electrons. The van der Waals surface area contributed by atoms with Crippen molar-refractivity contribution in [3.05, 3.63) is 41.8 Å². The Kier molecular flexibility index (Phi) is 3.94. The number of carbonyl (C=O) groups excluding carboxylic acids is 1. The summed E-state index contributed by atoms with van der Waals surface area (Å²) in [5, 5.41) is 4.31. The molecule has 0 saturated heterocycles. The van der Waals surface area contributed by atoms with Crippen molar-refractivity contribution in [1.29, 1.82) is 0 Å². The minimum absolute atomic E-state index is 0.179. The Hall–Kier alpha value is -2.17. The third kappa shape index (κ3) is 3.19. The predicted octanol–water partition coefficient (Wildman–Crippen LogP) is 2.33. The number of aromatic nitrogens is 2. The van der Waals surface area contributed by atoms with E-state index >= 15 is 0 Å². The average Bonchev–Trinajstić information content (AvgIpc) is 2.72. The molecule has 0 aliphatic heterocycles. The highest BCUT2D eigenvalue weighted by Gasteiger charge is 2.11. The number of esters is 1. The zero-order chi connectivity index (χ0) is 13.8. The van der Waals surface area contributed by atoms with E-state index < -0.39 is 0 Å². The van der Waals surface area contributed by atoms with E-state index in [4.69, 9.17) is 4.74 Å². The smallest absolute Gasteiger partial charge is 0.311 e. The molecule has 1 heterocycles. The van der Waals surface area contributed by atoms with Crippen LogP contribution in [0.5, 0.6) is 0 Å². The van der Waals surface area contributed by atoms with Crippen LogP contribution in [0.2, 0.25) is 0 Å². The van der Waals surface area contributed by atoms with E-state index in [2.05, 4.69) is 5.10 Å². The van der Waals surface area contributed by atoms with Crippen molar-refractivity contribution in [2.45, 2.75) is 13.3 Å². The monoisotopic (exact) mass is 262 g/mol. The van der Waals surface area contributed by atoms with Gasteiger partial charge in [0.1, 0.15) is 5.82 Å². The van der Waals surface area contributed by atoms with Crippen molar-refractivity contribution in [2.24, 2.45) is 7.05 Å². The van der Waals surface area contributed by atoms with Gasteiger partial charge in [-0.05, 0) is 37.3 Å². The third-order valence-corrected chi connectivity index (χ3v) is 2.75. The summed E-state index contributed by atoms with van der Waals surface area (Å²) in [6.07, 6.45) is 0.179. The Morgan fingerprint density at radius 1 is 1.37 bits per heavy atom. The fourth-order valence-electron chi connectivity index (χ4n) is 1.79. The van der Waals surface area contributed by atoms with Crippen molar-refractivity contribution >= 4 is 5.97 Å². The van der Waals surface area contributed by atoms with E-state index in [0.29, 0.717) is 12.3 Å². The summed E-state index contributed by atoms with van der Waals surface area (Å²) in [5.41, 5.74) is 2.28. The second-order valence-electron chi connectivity index (χ2n) is 4.13. The molecule has 0 spiro atoms. The van der Waals surface area contributed by atoms with E-state index in [9.17, 15) is 9.18 Å². The van der Waals surface area contributed by atoms with Crippen molar-refractivity contribution in [3.63, 3.8) is 0 Å². The summed E-state index contributed by atoms with van der Waals surface area (Å²) < 4.78 is 19.4. The fraction of sp³-hybridized carbons (Fsp3) is 0.286. The first-order valence-electron chi connectivity index (χ1n) is 6.04. The molecule has 0 aliphatic rings. The fourth-order valence-corrected chi connectivity index (χ4v) is 1.79. The second-order valence-corrected chi connectivity index (χ2v) is 4.13. The summed E-state index contributed by atoms with van der Waals surface area (Å²) in [7, 11) is 1.77. The van der Waals surface area contributed by atoms with Gasteiger partial charge < -0.3 is 4.74 Å². The van der Waals surface area contributed by atoms with Crippen LogP contribution in [0.25, 0.3) is 11.3 Å². The van der Waals surface area contributed by atoms with Crippen LogP contribution in [0.15, 0.2) is 30.3 Å². The van der Waals surface area contributed by atoms with Crippen LogP contribution in [0.1, 0.15) is 12.6 Å². The lowest BCUT2D eigenvalue weighted by Gasteiger charge is -2.01. The largest absolute Gasteiger partial charge is 0.466 e. The summed E-state index contributed by atoms with van der Waals surface area (Å²) in [6.45, 7) is 2.13. The van der Waals surface area contributed by atoms with Gasteiger partial charge in [0.05, 0.1) is 18.7 Å². The molecule has 0 unspecified atom stereocenters. The van der Waals surface area contributed by atoms with Gasteiger partial charge in [0.25, 0.3) is 0 Å². The van der Waals surface area contributed by atoms with Crippen molar-refractivity contribution in [1.82, 2.24) is 9.78 Å². The highest BCUT2D eigenvalue weighted by molar-refractivity contribution is 5.73. The van der Waals surface area contributed by atoms with Gasteiger partial charge in [-0.25, -0.2) is 4.39 Å². The normalized spacial score (nSPS) is 10.5. The summed E-state index contributed by atoms with van der Waals surface area (Å²) in [6, 6.07) is 7.89. The van der Waals surface area contributed by atoms with E-state index in [-0.39, 0.29) is 18.2 Å². The highest BCUT2D eigenvalue weighted by Crippen LogP contribution is 2.19. The van der Waals surface area contributed by atoms with Crippen LogP contribution >= 0.6 is 0 Å². The molecule has 2 aromatic rings. The number of benzene rings is 1. The van der Waals surface area contributed by atoms with Crippen molar-refractivity contribution in [3.8, 4) is 11.3 Å². The van der Waals surface area contributed by atoms with Gasteiger partial charge >= 0.3 is 5.97 Å². The SMILES string of the molecule is CCOC(=O)Cc1cc(-c2ccc(F)cc2)nn1C. The van der Waals surface area contributed by atoms with Crippen molar-refractivity contribution in [2.75, 3.05) is 6.61 Å². The first-order valence-corrected chi connectivity index (χ1v) is 6.04. The Balaban J connectivity index is 2.21. The number of ether oxygens (including phenoxy) is 1. The van der Waals surface area contributed by atoms with E-state index in [0.717, 1.165) is 11.3 Å². The maximum Gasteiger partial charge on any atom is 0.311 e. The molecule has 0 fully saturated rings. The van der Waals surface area contributed by atoms with E-state index in [1.54, 1.807) is 30.8 Å². The molecule has 0 aliphatic carbocycles. The Morgan fingerprint density at radius 3 is 2.68 bits per heavy atom. The van der Waals surface area contributed by atoms with Crippen LogP contribution in [-0.4, -0.2) is 22.4 Å². The van der Waals surface area contributed by atoms with Crippen LogP contribution < -0.4 is 0 Å². The molecule has 0 bridgehead atoms. The van der Waals surface area contributed by atoms with E-state index in [1.165, 1.54) is 12.1 Å². The van der Waals surface area contributed by atoms with Crippen LogP contribution in [-0.2, 0) is 23.0 Å². The van der Waals surface area contributed by atoms with Crippen LogP contribution in [0.4, 0.5) is 4.39 Å². The molecule has 100 valence electrons. The molecule has 19 heavy (non-hydrogen) atoms. The zero-order valence-corrected chi connectivity index (χ0v) is 10.9. The Labute approximate surface area is 110 Å². The minimum atomic E-state index is -0.286. The summed E-state index contributed by atoms with van der Waals surface area (Å²) in [4.78, 5) is 11.4. The standard InChI is InChI=1S/C14H15FN2O2/c1-3-19-14(18)9-12-8-13(16-17(12)2)10-4-6-11(15)7-5-10/h4-8H,3,9H2,1-2H3. The van der Waals surface area contributed by atoms with Gasteiger partial charge in [-0.2, -0.15) is 5.10 Å². The molecule has 1 aromatic heterocycles. The van der Waals surface area contributed by atoms with E-state index in [1.807, 2.05) is 6.07 Å². The van der Waals surface area contributed by atoms with Gasteiger partial charge in [0.2, 0.25) is 0 Å². The summed E-state index contributed by atoms with van der Waals surface area (Å²) in [5.74, 6) is -0.567. The maximum absolute atomic E-state index is 12.9. The van der Waals surface area contributed by atoms with Crippen molar-refractivity contribution < 1.29 is 13.9 Å². The molecule has 0 saturated carbocycles. The molecule has 4 nitrogen and oxygen atoms in total. The second kappa shape index (κ2) is 5.65. The number of hydrogen-bond acceptors (Lipinski definition) is 3. The molecule has 5 heteroatoms. The first-order chi connectivity index (χ1) is 9.10. The molecule has 0 N–H and O–H groups in total. The highest BCUT2D eigenvalue weighted by atomic mass is 19.1. The van der Waals surface area contributed by atoms with Gasteiger partial charge in [0, 0.05) is 18.3 Å². The van der Waals surface area contributed by atoms with Crippen LogP contribution in [0.3, 0.4) is 0 Å². The lowest BCUT2D eigenvalue weighted by molar-refractivity contribution is -0.142. The lowest BCUT2D eigenvalue weighted by Crippen LogP contribution is -2.10. The third-order valence-electron chi connectivity index (χ3n) is 2.75.